The highest BCUT2D eigenvalue weighted by atomic mass is 16.2. The summed E-state index contributed by atoms with van der Waals surface area (Å²) in [6.45, 7) is 3.83. The van der Waals surface area contributed by atoms with Crippen LogP contribution >= 0.6 is 0 Å². The van der Waals surface area contributed by atoms with Crippen LogP contribution in [0.3, 0.4) is 0 Å². The fraction of sp³-hybridized carbons (Fsp3) is 0.579. The van der Waals surface area contributed by atoms with Crippen molar-refractivity contribution in [1.82, 2.24) is 15.5 Å². The van der Waals surface area contributed by atoms with Gasteiger partial charge >= 0.3 is 6.03 Å². The molecule has 3 amide bonds. The molecule has 0 bridgehead atoms. The van der Waals surface area contributed by atoms with Gasteiger partial charge in [-0.1, -0.05) is 6.07 Å². The van der Waals surface area contributed by atoms with Crippen molar-refractivity contribution in [3.63, 3.8) is 0 Å². The third-order valence-corrected chi connectivity index (χ3v) is 5.72. The second-order valence-electron chi connectivity index (χ2n) is 7.67. The van der Waals surface area contributed by atoms with Gasteiger partial charge in [0.15, 0.2) is 0 Å². The van der Waals surface area contributed by atoms with E-state index in [-0.39, 0.29) is 11.9 Å². The molecule has 2 saturated heterocycles. The Morgan fingerprint density at radius 1 is 1.16 bits per heavy atom. The highest BCUT2D eigenvalue weighted by molar-refractivity contribution is 5.97. The second-order valence-corrected chi connectivity index (χ2v) is 7.67. The fourth-order valence-corrected chi connectivity index (χ4v) is 3.90. The van der Waals surface area contributed by atoms with Gasteiger partial charge in [-0.15, -0.1) is 0 Å². The van der Waals surface area contributed by atoms with Crippen LogP contribution in [0.25, 0.3) is 0 Å². The maximum atomic E-state index is 12.8. The Balaban J connectivity index is 1.36. The smallest absolute Gasteiger partial charge is 0.319 e. The maximum Gasteiger partial charge on any atom is 0.319 e. The predicted octanol–water partition coefficient (Wildman–Crippen LogP) is 2.19. The molecule has 3 aliphatic rings. The molecule has 2 aliphatic heterocycles. The average molecular weight is 342 g/mol. The topological polar surface area (TPSA) is 73.5 Å². The minimum Gasteiger partial charge on any atom is -0.339 e. The molecule has 2 heterocycles. The van der Waals surface area contributed by atoms with Crippen LogP contribution in [0.2, 0.25) is 0 Å². The number of urea groups is 1. The lowest BCUT2D eigenvalue weighted by Crippen LogP contribution is -2.44. The normalized spacial score (nSPS) is 22.0. The van der Waals surface area contributed by atoms with E-state index in [0.29, 0.717) is 22.7 Å². The van der Waals surface area contributed by atoms with Gasteiger partial charge in [-0.05, 0) is 62.3 Å². The number of amides is 3. The van der Waals surface area contributed by atoms with Gasteiger partial charge in [0, 0.05) is 36.9 Å². The van der Waals surface area contributed by atoms with Crippen molar-refractivity contribution in [2.45, 2.75) is 38.1 Å². The second kappa shape index (κ2) is 6.67. The van der Waals surface area contributed by atoms with Crippen LogP contribution in [0.5, 0.6) is 0 Å². The Morgan fingerprint density at radius 2 is 1.96 bits per heavy atom. The van der Waals surface area contributed by atoms with Gasteiger partial charge in [-0.3, -0.25) is 4.79 Å². The number of piperidine rings is 1. The summed E-state index contributed by atoms with van der Waals surface area (Å²) in [6, 6.07) is 7.37. The van der Waals surface area contributed by atoms with Crippen molar-refractivity contribution in [2.75, 3.05) is 31.5 Å². The maximum absolute atomic E-state index is 12.8. The van der Waals surface area contributed by atoms with E-state index in [4.69, 9.17) is 0 Å². The molecular formula is C19H26N4O2. The first-order valence-corrected chi connectivity index (χ1v) is 9.31. The molecule has 0 atom stereocenters. The van der Waals surface area contributed by atoms with Crippen molar-refractivity contribution < 1.29 is 9.59 Å². The van der Waals surface area contributed by atoms with Crippen molar-refractivity contribution in [3.8, 4) is 0 Å². The molecule has 1 aliphatic carbocycles. The SMILES string of the molecule is O=C(Nc1cccc(C(=O)N2CCC3(CCNC3)CC2)c1)NC1CC1. The Bertz CT molecular complexity index is 655. The number of nitrogens with zero attached hydrogens (tertiary/aromatic N) is 1. The third kappa shape index (κ3) is 3.79. The first-order chi connectivity index (χ1) is 12.1. The molecule has 4 rings (SSSR count). The zero-order chi connectivity index (χ0) is 17.3. The van der Waals surface area contributed by atoms with Crippen molar-refractivity contribution in [3.05, 3.63) is 29.8 Å². The molecule has 1 aromatic carbocycles. The van der Waals surface area contributed by atoms with Crippen LogP contribution in [0.15, 0.2) is 24.3 Å². The summed E-state index contributed by atoms with van der Waals surface area (Å²) < 4.78 is 0. The number of hydrogen-bond acceptors (Lipinski definition) is 3. The van der Waals surface area contributed by atoms with Crippen LogP contribution in [0.4, 0.5) is 10.5 Å². The quantitative estimate of drug-likeness (QED) is 0.788. The van der Waals surface area contributed by atoms with E-state index in [0.717, 1.165) is 51.9 Å². The van der Waals surface area contributed by atoms with Crippen LogP contribution in [-0.4, -0.2) is 49.1 Å². The Labute approximate surface area is 148 Å². The molecule has 0 radical (unpaired) electrons. The van der Waals surface area contributed by atoms with Crippen LogP contribution in [-0.2, 0) is 0 Å². The number of likely N-dealkylation sites (tertiary alicyclic amines) is 1. The van der Waals surface area contributed by atoms with Crippen LogP contribution < -0.4 is 16.0 Å². The predicted molar refractivity (Wildman–Crippen MR) is 96.7 cm³/mol. The monoisotopic (exact) mass is 342 g/mol. The highest BCUT2D eigenvalue weighted by Crippen LogP contribution is 2.37. The molecular weight excluding hydrogens is 316 g/mol. The molecule has 1 aromatic rings. The van der Waals surface area contributed by atoms with E-state index >= 15 is 0 Å². The molecule has 1 spiro atoms. The molecule has 25 heavy (non-hydrogen) atoms. The summed E-state index contributed by atoms with van der Waals surface area (Å²) in [7, 11) is 0. The van der Waals surface area contributed by atoms with E-state index in [9.17, 15) is 9.59 Å². The summed E-state index contributed by atoms with van der Waals surface area (Å²) in [5.74, 6) is 0.0621. The van der Waals surface area contributed by atoms with Crippen LogP contribution in [0.1, 0.15) is 42.5 Å². The molecule has 6 nitrogen and oxygen atoms in total. The minimum absolute atomic E-state index is 0.0621. The van der Waals surface area contributed by atoms with Gasteiger partial charge in [0.25, 0.3) is 5.91 Å². The molecule has 3 N–H and O–H groups in total. The molecule has 0 aromatic heterocycles. The molecule has 3 fully saturated rings. The Morgan fingerprint density at radius 3 is 2.64 bits per heavy atom. The molecule has 6 heteroatoms. The largest absolute Gasteiger partial charge is 0.339 e. The van der Waals surface area contributed by atoms with Crippen LogP contribution in [0, 0.1) is 5.41 Å². The van der Waals surface area contributed by atoms with Crippen molar-refractivity contribution in [1.29, 1.82) is 0 Å². The number of hydrogen-bond donors (Lipinski definition) is 3. The minimum atomic E-state index is -0.194. The van der Waals surface area contributed by atoms with Crippen molar-refractivity contribution >= 4 is 17.6 Å². The number of benzene rings is 1. The van der Waals surface area contributed by atoms with E-state index in [1.807, 2.05) is 23.1 Å². The lowest BCUT2D eigenvalue weighted by molar-refractivity contribution is 0.0607. The van der Waals surface area contributed by atoms with Gasteiger partial charge in [0.2, 0.25) is 0 Å². The first kappa shape index (κ1) is 16.4. The first-order valence-electron chi connectivity index (χ1n) is 9.31. The van der Waals surface area contributed by atoms with Gasteiger partial charge in [0.05, 0.1) is 0 Å². The third-order valence-electron chi connectivity index (χ3n) is 5.72. The Kier molecular flexibility index (Phi) is 4.37. The number of rotatable bonds is 3. The van der Waals surface area contributed by atoms with Gasteiger partial charge in [-0.25, -0.2) is 4.79 Å². The Hall–Kier alpha value is -2.08. The number of carbonyl (C=O) groups excluding carboxylic acids is 2. The summed E-state index contributed by atoms with van der Waals surface area (Å²) in [5, 5.41) is 9.17. The molecule has 134 valence electrons. The van der Waals surface area contributed by atoms with Gasteiger partial charge < -0.3 is 20.9 Å². The number of nitrogens with one attached hydrogen (secondary N) is 3. The van der Waals surface area contributed by atoms with E-state index in [2.05, 4.69) is 16.0 Å². The zero-order valence-electron chi connectivity index (χ0n) is 14.5. The highest BCUT2D eigenvalue weighted by Gasteiger charge is 2.38. The molecule has 0 unspecified atom stereocenters. The van der Waals surface area contributed by atoms with E-state index < -0.39 is 0 Å². The van der Waals surface area contributed by atoms with Gasteiger partial charge in [0.1, 0.15) is 0 Å². The van der Waals surface area contributed by atoms with Gasteiger partial charge in [-0.2, -0.15) is 0 Å². The summed E-state index contributed by atoms with van der Waals surface area (Å²) >= 11 is 0. The summed E-state index contributed by atoms with van der Waals surface area (Å²) in [5.41, 5.74) is 1.71. The van der Waals surface area contributed by atoms with E-state index in [1.54, 1.807) is 6.07 Å². The summed E-state index contributed by atoms with van der Waals surface area (Å²) in [4.78, 5) is 26.6. The molecule has 1 saturated carbocycles. The average Bonchev–Trinajstić information content (AvgIpc) is 3.32. The lowest BCUT2D eigenvalue weighted by Gasteiger charge is -2.39. The zero-order valence-corrected chi connectivity index (χ0v) is 14.5. The summed E-state index contributed by atoms with van der Waals surface area (Å²) in [6.07, 6.45) is 5.49. The number of anilines is 1. The fourth-order valence-electron chi connectivity index (χ4n) is 3.90. The number of carbonyl (C=O) groups is 2. The van der Waals surface area contributed by atoms with E-state index in [1.165, 1.54) is 6.42 Å². The standard InChI is InChI=1S/C19H26N4O2/c24-17(23-10-7-19(8-11-23)6-9-20-13-19)14-2-1-3-16(12-14)22-18(25)21-15-4-5-15/h1-3,12,15,20H,4-11,13H2,(H2,21,22,25). The lowest BCUT2D eigenvalue weighted by atomic mass is 9.78. The van der Waals surface area contributed by atoms with Crippen molar-refractivity contribution in [2.24, 2.45) is 5.41 Å².